The summed E-state index contributed by atoms with van der Waals surface area (Å²) in [7, 11) is 6.63. The Kier molecular flexibility index (Phi) is 8.26. The molecule has 0 bridgehead atoms. The highest BCUT2D eigenvalue weighted by molar-refractivity contribution is 7.43. The van der Waals surface area contributed by atoms with Gasteiger partial charge in [-0.15, -0.1) is 0 Å². The fourth-order valence-electron chi connectivity index (χ4n) is 1.76. The molecule has 0 unspecified atom stereocenters. The van der Waals surface area contributed by atoms with Crippen LogP contribution in [0, 0.1) is 0 Å². The molecule has 124 valence electrons. The third-order valence-electron chi connectivity index (χ3n) is 2.77. The van der Waals surface area contributed by atoms with Crippen molar-refractivity contribution in [2.45, 2.75) is 0 Å². The standard InChI is InChI=1S/C18H15O3P.Cl2/c1-4-10-16(11-5-1)19-22(20-17-12-6-2-7-13-17)21-18-14-8-3-9-15-18;1-2/h1-15H;. The summed E-state index contributed by atoms with van der Waals surface area (Å²) in [6.07, 6.45) is 0. The summed E-state index contributed by atoms with van der Waals surface area (Å²) in [5.41, 5.74) is 0. The summed E-state index contributed by atoms with van der Waals surface area (Å²) in [6.45, 7) is 0. The molecule has 0 radical (unpaired) electrons. The molecule has 0 N–H and O–H groups in total. The van der Waals surface area contributed by atoms with E-state index in [-0.39, 0.29) is 0 Å². The second kappa shape index (κ2) is 10.8. The highest BCUT2D eigenvalue weighted by atomic mass is 36.5. The molecule has 0 saturated carbocycles. The summed E-state index contributed by atoms with van der Waals surface area (Å²) in [5.74, 6) is 2.13. The fourth-order valence-corrected chi connectivity index (χ4v) is 2.75. The maximum absolute atomic E-state index is 5.84. The van der Waals surface area contributed by atoms with Crippen LogP contribution in [0.2, 0.25) is 0 Å². The van der Waals surface area contributed by atoms with Crippen molar-refractivity contribution in [1.82, 2.24) is 0 Å². The Hall–Kier alpha value is -1.93. The van der Waals surface area contributed by atoms with Crippen LogP contribution < -0.4 is 13.6 Å². The van der Waals surface area contributed by atoms with Crippen molar-refractivity contribution in [1.29, 1.82) is 0 Å². The fraction of sp³-hybridized carbons (Fsp3) is 0. The van der Waals surface area contributed by atoms with Gasteiger partial charge >= 0.3 is 8.60 Å². The van der Waals surface area contributed by atoms with Crippen LogP contribution in [0.15, 0.2) is 91.0 Å². The minimum Gasteiger partial charge on any atom is -0.409 e. The van der Waals surface area contributed by atoms with Crippen LogP contribution >= 0.6 is 30.3 Å². The van der Waals surface area contributed by atoms with Crippen LogP contribution in [0.4, 0.5) is 0 Å². The van der Waals surface area contributed by atoms with Crippen LogP contribution in [0.25, 0.3) is 0 Å². The third kappa shape index (κ3) is 6.29. The zero-order valence-electron chi connectivity index (χ0n) is 12.6. The van der Waals surface area contributed by atoms with Gasteiger partial charge in [0.2, 0.25) is 0 Å². The van der Waals surface area contributed by atoms with E-state index in [0.29, 0.717) is 17.2 Å². The first-order valence-electron chi connectivity index (χ1n) is 7.04. The van der Waals surface area contributed by atoms with E-state index in [1.165, 1.54) is 0 Å². The zero-order valence-corrected chi connectivity index (χ0v) is 15.0. The molecule has 0 spiro atoms. The van der Waals surface area contributed by atoms with Crippen molar-refractivity contribution < 1.29 is 13.6 Å². The summed E-state index contributed by atoms with van der Waals surface area (Å²) in [4.78, 5) is 0. The Bertz CT molecular complexity index is 586. The largest absolute Gasteiger partial charge is 0.530 e. The van der Waals surface area contributed by atoms with Crippen molar-refractivity contribution in [2.75, 3.05) is 0 Å². The number of halogens is 2. The van der Waals surface area contributed by atoms with E-state index >= 15 is 0 Å². The number of para-hydroxylation sites is 3. The molecule has 0 aliphatic carbocycles. The molecule has 0 heterocycles. The normalized spacial score (nSPS) is 9.62. The summed E-state index contributed by atoms with van der Waals surface area (Å²) in [6, 6.07) is 28.5. The topological polar surface area (TPSA) is 27.7 Å². The van der Waals surface area contributed by atoms with Gasteiger partial charge in [0, 0.05) is 21.7 Å². The van der Waals surface area contributed by atoms with E-state index in [4.69, 9.17) is 13.6 Å². The molecule has 3 nitrogen and oxygen atoms in total. The van der Waals surface area contributed by atoms with Crippen molar-refractivity contribution in [3.63, 3.8) is 0 Å². The molecule has 24 heavy (non-hydrogen) atoms. The van der Waals surface area contributed by atoms with Gasteiger partial charge in [0.25, 0.3) is 0 Å². The molecule has 3 aromatic carbocycles. The third-order valence-corrected chi connectivity index (χ3v) is 3.85. The van der Waals surface area contributed by atoms with Crippen molar-refractivity contribution >= 4 is 30.3 Å². The average Bonchev–Trinajstić information content (AvgIpc) is 2.66. The highest BCUT2D eigenvalue weighted by Gasteiger charge is 2.19. The lowest BCUT2D eigenvalue weighted by atomic mass is 10.3. The molecule has 0 fully saturated rings. The Morgan fingerprint density at radius 3 is 0.958 bits per heavy atom. The van der Waals surface area contributed by atoms with Gasteiger partial charge in [-0.05, 0) is 36.4 Å². The van der Waals surface area contributed by atoms with E-state index in [0.717, 1.165) is 0 Å². The maximum atomic E-state index is 5.84. The molecule has 3 aromatic rings. The molecular formula is C18H15Cl2O3P. The lowest BCUT2D eigenvalue weighted by Gasteiger charge is -2.17. The monoisotopic (exact) mass is 380 g/mol. The van der Waals surface area contributed by atoms with E-state index in [1.807, 2.05) is 91.0 Å². The molecule has 0 aromatic heterocycles. The Morgan fingerprint density at radius 2 is 0.708 bits per heavy atom. The quantitative estimate of drug-likeness (QED) is 0.438. The van der Waals surface area contributed by atoms with Gasteiger partial charge in [-0.2, -0.15) is 0 Å². The predicted molar refractivity (Wildman–Crippen MR) is 99.8 cm³/mol. The van der Waals surface area contributed by atoms with Crippen LogP contribution in [0.5, 0.6) is 17.2 Å². The van der Waals surface area contributed by atoms with Gasteiger partial charge in [0.15, 0.2) is 0 Å². The number of hydrogen-bond donors (Lipinski definition) is 0. The molecule has 3 rings (SSSR count). The predicted octanol–water partition coefficient (Wildman–Crippen LogP) is 6.83. The van der Waals surface area contributed by atoms with Crippen LogP contribution in [0.1, 0.15) is 0 Å². The van der Waals surface area contributed by atoms with Crippen LogP contribution in [0.3, 0.4) is 0 Å². The van der Waals surface area contributed by atoms with Gasteiger partial charge in [-0.3, -0.25) is 0 Å². The van der Waals surface area contributed by atoms with E-state index in [1.54, 1.807) is 0 Å². The van der Waals surface area contributed by atoms with Gasteiger partial charge in [-0.1, -0.05) is 54.6 Å². The first kappa shape index (κ1) is 18.4. The van der Waals surface area contributed by atoms with Crippen molar-refractivity contribution in [3.05, 3.63) is 91.0 Å². The molecule has 0 aliphatic rings. The molecule has 6 heteroatoms. The molecule has 0 aliphatic heterocycles. The Morgan fingerprint density at radius 1 is 0.458 bits per heavy atom. The molecule has 0 atom stereocenters. The summed E-state index contributed by atoms with van der Waals surface area (Å²) in [5, 5.41) is 0. The minimum absolute atomic E-state index is 0.709. The minimum atomic E-state index is -1.59. The smallest absolute Gasteiger partial charge is 0.409 e. The van der Waals surface area contributed by atoms with Gasteiger partial charge in [-0.25, -0.2) is 0 Å². The highest BCUT2D eigenvalue weighted by Crippen LogP contribution is 2.41. The molecule has 0 amide bonds. The lowest BCUT2D eigenvalue weighted by molar-refractivity contribution is 0.388. The Balaban J connectivity index is 0.00000100. The average molecular weight is 381 g/mol. The van der Waals surface area contributed by atoms with E-state index in [2.05, 4.69) is 21.7 Å². The first-order chi connectivity index (χ1) is 11.9. The number of rotatable bonds is 6. The van der Waals surface area contributed by atoms with Crippen molar-refractivity contribution in [2.24, 2.45) is 0 Å². The van der Waals surface area contributed by atoms with Crippen molar-refractivity contribution in [3.8, 4) is 17.2 Å². The number of hydrogen-bond acceptors (Lipinski definition) is 3. The van der Waals surface area contributed by atoms with Crippen LogP contribution in [-0.4, -0.2) is 0 Å². The molecule has 0 saturated heterocycles. The summed E-state index contributed by atoms with van der Waals surface area (Å²) >= 11 is 0. The number of benzene rings is 3. The summed E-state index contributed by atoms with van der Waals surface area (Å²) < 4.78 is 17.5. The van der Waals surface area contributed by atoms with E-state index < -0.39 is 8.60 Å². The first-order valence-corrected chi connectivity index (χ1v) is 9.27. The zero-order chi connectivity index (χ0) is 17.0. The SMILES string of the molecule is ClCl.c1ccc(OP(Oc2ccccc2)Oc2ccccc2)cc1. The van der Waals surface area contributed by atoms with Gasteiger partial charge in [0.05, 0.1) is 0 Å². The maximum Gasteiger partial charge on any atom is 0.530 e. The van der Waals surface area contributed by atoms with Gasteiger partial charge in [0.1, 0.15) is 17.2 Å². The molecular weight excluding hydrogens is 366 g/mol. The van der Waals surface area contributed by atoms with E-state index in [9.17, 15) is 0 Å². The van der Waals surface area contributed by atoms with Crippen LogP contribution in [-0.2, 0) is 0 Å². The second-order valence-corrected chi connectivity index (χ2v) is 5.43. The van der Waals surface area contributed by atoms with Gasteiger partial charge < -0.3 is 13.6 Å². The lowest BCUT2D eigenvalue weighted by Crippen LogP contribution is -2.02. The second-order valence-electron chi connectivity index (χ2n) is 4.44. The Labute approximate surface area is 152 Å².